The molecule has 1 aromatic heterocycles. The molecule has 7 nitrogen and oxygen atoms in total. The van der Waals surface area contributed by atoms with E-state index in [9.17, 15) is 9.59 Å². The zero-order chi connectivity index (χ0) is 15.3. The molecule has 2 aliphatic heterocycles. The molecule has 2 N–H and O–H groups in total. The van der Waals surface area contributed by atoms with Crippen molar-refractivity contribution in [2.45, 2.75) is 44.6 Å². The third kappa shape index (κ3) is 2.48. The van der Waals surface area contributed by atoms with Crippen LogP contribution in [0.1, 0.15) is 39.4 Å². The minimum Gasteiger partial charge on any atom is -0.344 e. The zero-order valence-electron chi connectivity index (χ0n) is 12.4. The van der Waals surface area contributed by atoms with Gasteiger partial charge in [-0.25, -0.2) is 9.78 Å². The highest BCUT2D eigenvalue weighted by Crippen LogP contribution is 2.31. The predicted octanol–water partition coefficient (Wildman–Crippen LogP) is 1.01. The van der Waals surface area contributed by atoms with Crippen molar-refractivity contribution in [3.63, 3.8) is 0 Å². The van der Waals surface area contributed by atoms with Gasteiger partial charge in [-0.1, -0.05) is 20.8 Å². The van der Waals surface area contributed by atoms with E-state index in [4.69, 9.17) is 0 Å². The van der Waals surface area contributed by atoms with E-state index in [2.05, 4.69) is 40.8 Å². The highest BCUT2D eigenvalue weighted by molar-refractivity contribution is 7.09. The molecular weight excluding hydrogens is 290 g/mol. The fraction of sp³-hybridized carbons (Fsp3) is 0.692. The van der Waals surface area contributed by atoms with Crippen molar-refractivity contribution in [2.75, 3.05) is 18.0 Å². The van der Waals surface area contributed by atoms with Crippen LogP contribution in [0.25, 0.3) is 0 Å². The van der Waals surface area contributed by atoms with Gasteiger partial charge in [-0.3, -0.25) is 10.1 Å². The second-order valence-electron chi connectivity index (χ2n) is 6.67. The van der Waals surface area contributed by atoms with Crippen LogP contribution >= 0.6 is 11.5 Å². The number of urea groups is 1. The largest absolute Gasteiger partial charge is 0.344 e. The van der Waals surface area contributed by atoms with E-state index in [-0.39, 0.29) is 11.3 Å². The Balaban J connectivity index is 1.82. The van der Waals surface area contributed by atoms with E-state index in [1.807, 2.05) is 4.90 Å². The van der Waals surface area contributed by atoms with Crippen molar-refractivity contribution >= 4 is 28.6 Å². The van der Waals surface area contributed by atoms with Gasteiger partial charge in [0.2, 0.25) is 5.13 Å². The van der Waals surface area contributed by atoms with Gasteiger partial charge >= 0.3 is 6.03 Å². The number of amides is 3. The molecule has 2 saturated heterocycles. The van der Waals surface area contributed by atoms with E-state index in [0.29, 0.717) is 13.0 Å². The van der Waals surface area contributed by atoms with Crippen molar-refractivity contribution in [3.05, 3.63) is 5.82 Å². The van der Waals surface area contributed by atoms with Crippen molar-refractivity contribution in [3.8, 4) is 0 Å². The molecule has 1 atom stereocenters. The van der Waals surface area contributed by atoms with Crippen molar-refractivity contribution in [2.24, 2.45) is 0 Å². The van der Waals surface area contributed by atoms with Gasteiger partial charge in [0.05, 0.1) is 6.54 Å². The predicted molar refractivity (Wildman–Crippen MR) is 79.5 cm³/mol. The molecule has 1 aromatic rings. The van der Waals surface area contributed by atoms with Gasteiger partial charge in [0.15, 0.2) is 0 Å². The van der Waals surface area contributed by atoms with Crippen LogP contribution < -0.4 is 15.5 Å². The number of nitrogens with one attached hydrogen (secondary N) is 2. The quantitative estimate of drug-likeness (QED) is 0.756. The maximum Gasteiger partial charge on any atom is 0.322 e. The third-order valence-electron chi connectivity index (χ3n) is 3.86. The number of anilines is 1. The lowest BCUT2D eigenvalue weighted by Gasteiger charge is -2.37. The fourth-order valence-electron chi connectivity index (χ4n) is 2.68. The monoisotopic (exact) mass is 309 g/mol. The summed E-state index contributed by atoms with van der Waals surface area (Å²) in [6, 6.07) is -0.408. The number of hydrogen-bond donors (Lipinski definition) is 2. The summed E-state index contributed by atoms with van der Waals surface area (Å²) in [5.74, 6) is 0.569. The first-order chi connectivity index (χ1) is 9.80. The van der Waals surface area contributed by atoms with Crippen molar-refractivity contribution in [1.29, 1.82) is 0 Å². The number of piperidine rings is 1. The summed E-state index contributed by atoms with van der Waals surface area (Å²) in [5.41, 5.74) is -0.913. The minimum atomic E-state index is -0.817. The molecule has 0 radical (unpaired) electrons. The maximum atomic E-state index is 12.0. The molecule has 1 unspecified atom stereocenters. The van der Waals surface area contributed by atoms with Crippen molar-refractivity contribution < 1.29 is 9.59 Å². The molecule has 1 spiro atoms. The Morgan fingerprint density at radius 3 is 2.67 bits per heavy atom. The Hall–Kier alpha value is -1.70. The van der Waals surface area contributed by atoms with Crippen LogP contribution in [0.3, 0.4) is 0 Å². The standard InChI is InChI=1S/C13H19N5O2S/c1-12(2,3)8-14-11(21-17-8)18-6-4-5-13(7-18)9(19)15-10(20)16-13/h4-7H2,1-3H3,(H2,15,16,19,20). The minimum absolute atomic E-state index is 0.0961. The van der Waals surface area contributed by atoms with E-state index in [1.54, 1.807) is 0 Å². The van der Waals surface area contributed by atoms with Gasteiger partial charge in [-0.15, -0.1) is 0 Å². The number of carbonyl (C=O) groups excluding carboxylic acids is 2. The van der Waals surface area contributed by atoms with Crippen LogP contribution in [0, 0.1) is 0 Å². The van der Waals surface area contributed by atoms with E-state index >= 15 is 0 Å². The number of imide groups is 1. The Morgan fingerprint density at radius 2 is 2.10 bits per heavy atom. The van der Waals surface area contributed by atoms with Gasteiger partial charge in [-0.2, -0.15) is 4.37 Å². The first-order valence-electron chi connectivity index (χ1n) is 7.03. The van der Waals surface area contributed by atoms with E-state index in [1.165, 1.54) is 11.5 Å². The number of aromatic nitrogens is 2. The van der Waals surface area contributed by atoms with Gasteiger partial charge in [0.25, 0.3) is 5.91 Å². The zero-order valence-corrected chi connectivity index (χ0v) is 13.2. The van der Waals surface area contributed by atoms with Gasteiger partial charge in [-0.05, 0) is 12.8 Å². The number of carbonyl (C=O) groups is 2. The molecule has 0 bridgehead atoms. The highest BCUT2D eigenvalue weighted by Gasteiger charge is 2.49. The van der Waals surface area contributed by atoms with Crippen molar-refractivity contribution in [1.82, 2.24) is 20.0 Å². The fourth-order valence-corrected chi connectivity index (χ4v) is 3.56. The molecule has 3 rings (SSSR count). The molecule has 8 heteroatoms. The molecule has 2 aliphatic rings. The molecule has 114 valence electrons. The molecule has 0 saturated carbocycles. The average Bonchev–Trinajstić information content (AvgIpc) is 2.96. The summed E-state index contributed by atoms with van der Waals surface area (Å²) in [7, 11) is 0. The van der Waals surface area contributed by atoms with Gasteiger partial charge in [0.1, 0.15) is 11.4 Å². The van der Waals surface area contributed by atoms with Crippen LogP contribution in [-0.2, 0) is 10.2 Å². The van der Waals surface area contributed by atoms with E-state index < -0.39 is 11.6 Å². The van der Waals surface area contributed by atoms with Crippen LogP contribution in [0.5, 0.6) is 0 Å². The Labute approximate surface area is 127 Å². The first-order valence-corrected chi connectivity index (χ1v) is 7.80. The SMILES string of the molecule is CC(C)(C)c1nsc(N2CCCC3(C2)NC(=O)NC3=O)n1. The Kier molecular flexibility index (Phi) is 3.16. The topological polar surface area (TPSA) is 87.2 Å². The molecule has 21 heavy (non-hydrogen) atoms. The maximum absolute atomic E-state index is 12.0. The smallest absolute Gasteiger partial charge is 0.322 e. The molecule has 2 fully saturated rings. The van der Waals surface area contributed by atoms with Crippen LogP contribution in [-0.4, -0.2) is 39.9 Å². The second kappa shape index (κ2) is 4.66. The molecule has 3 amide bonds. The lowest BCUT2D eigenvalue weighted by atomic mass is 9.89. The summed E-state index contributed by atoms with van der Waals surface area (Å²) in [4.78, 5) is 30.1. The highest BCUT2D eigenvalue weighted by atomic mass is 32.1. The summed E-state index contributed by atoms with van der Waals surface area (Å²) in [6.07, 6.45) is 1.49. The second-order valence-corrected chi connectivity index (χ2v) is 7.40. The number of rotatable bonds is 1. The molecule has 0 aliphatic carbocycles. The van der Waals surface area contributed by atoms with Crippen LogP contribution in [0.15, 0.2) is 0 Å². The number of nitrogens with zero attached hydrogens (tertiary/aromatic N) is 3. The first kappa shape index (κ1) is 14.2. The summed E-state index contributed by atoms with van der Waals surface area (Å²) >= 11 is 1.35. The average molecular weight is 309 g/mol. The van der Waals surface area contributed by atoms with E-state index in [0.717, 1.165) is 23.9 Å². The summed E-state index contributed by atoms with van der Waals surface area (Å²) < 4.78 is 4.41. The number of hydrogen-bond acceptors (Lipinski definition) is 6. The van der Waals surface area contributed by atoms with Crippen LogP contribution in [0.2, 0.25) is 0 Å². The summed E-state index contributed by atoms with van der Waals surface area (Å²) in [6.45, 7) is 7.48. The Bertz CT molecular complexity index is 594. The Morgan fingerprint density at radius 1 is 1.33 bits per heavy atom. The van der Waals surface area contributed by atoms with Gasteiger partial charge < -0.3 is 10.2 Å². The molecule has 3 heterocycles. The molecular formula is C13H19N5O2S. The summed E-state index contributed by atoms with van der Waals surface area (Å²) in [5, 5.41) is 5.91. The third-order valence-corrected chi connectivity index (χ3v) is 4.64. The lowest BCUT2D eigenvalue weighted by molar-refractivity contribution is -0.124. The molecule has 0 aromatic carbocycles. The normalized spacial score (nSPS) is 26.1. The van der Waals surface area contributed by atoms with Gasteiger partial charge in [0, 0.05) is 23.5 Å². The van der Waals surface area contributed by atoms with Crippen LogP contribution in [0.4, 0.5) is 9.93 Å². The lowest BCUT2D eigenvalue weighted by Crippen LogP contribution is -2.58.